The highest BCUT2D eigenvalue weighted by molar-refractivity contribution is 5.89. The van der Waals surface area contributed by atoms with Gasteiger partial charge in [0.25, 0.3) is 0 Å². The van der Waals surface area contributed by atoms with Crippen LogP contribution in [0.1, 0.15) is 24.8 Å². The Balaban J connectivity index is 1.42. The molecule has 1 atom stereocenters. The third-order valence-corrected chi connectivity index (χ3v) is 5.27. The van der Waals surface area contributed by atoms with Crippen molar-refractivity contribution >= 4 is 17.6 Å². The molecule has 1 unspecified atom stereocenters. The van der Waals surface area contributed by atoms with Crippen LogP contribution in [0.25, 0.3) is 0 Å². The summed E-state index contributed by atoms with van der Waals surface area (Å²) in [4.78, 5) is 26.6. The van der Waals surface area contributed by atoms with Crippen molar-refractivity contribution in [1.29, 1.82) is 0 Å². The molecule has 1 heterocycles. The molecule has 0 saturated carbocycles. The minimum absolute atomic E-state index is 0.131. The van der Waals surface area contributed by atoms with E-state index in [-0.39, 0.29) is 17.9 Å². The molecule has 0 aliphatic carbocycles. The quantitative estimate of drug-likeness (QED) is 0.725. The van der Waals surface area contributed by atoms with Gasteiger partial charge in [0, 0.05) is 31.7 Å². The number of anilines is 1. The maximum atomic E-state index is 13.2. The highest BCUT2D eigenvalue weighted by Gasteiger charge is 2.23. The lowest BCUT2D eigenvalue weighted by Gasteiger charge is -2.33. The molecule has 2 aromatic carbocycles. The number of halogens is 1. The molecule has 6 nitrogen and oxygen atoms in total. The van der Waals surface area contributed by atoms with Gasteiger partial charge in [0.05, 0.1) is 7.11 Å². The average molecular weight is 413 g/mol. The third kappa shape index (κ3) is 6.47. The van der Waals surface area contributed by atoms with E-state index >= 15 is 0 Å². The fourth-order valence-electron chi connectivity index (χ4n) is 3.67. The van der Waals surface area contributed by atoms with Crippen LogP contribution in [0.15, 0.2) is 48.5 Å². The lowest BCUT2D eigenvalue weighted by molar-refractivity contribution is -0.132. The minimum atomic E-state index is -0.400. The summed E-state index contributed by atoms with van der Waals surface area (Å²) in [5, 5.41) is 5.45. The number of hydrogen-bond donors (Lipinski definition) is 2. The largest absolute Gasteiger partial charge is 0.497 e. The van der Waals surface area contributed by atoms with Crippen molar-refractivity contribution in [2.45, 2.75) is 25.7 Å². The van der Waals surface area contributed by atoms with Crippen LogP contribution >= 0.6 is 0 Å². The van der Waals surface area contributed by atoms with E-state index in [1.807, 2.05) is 29.2 Å². The van der Waals surface area contributed by atoms with Crippen LogP contribution in [-0.2, 0) is 11.2 Å². The number of likely N-dealkylation sites (tertiary alicyclic amines) is 1. The lowest BCUT2D eigenvalue weighted by Crippen LogP contribution is -2.44. The first-order valence-electron chi connectivity index (χ1n) is 10.2. The van der Waals surface area contributed by atoms with E-state index in [1.54, 1.807) is 19.2 Å². The van der Waals surface area contributed by atoms with Gasteiger partial charge >= 0.3 is 6.03 Å². The summed E-state index contributed by atoms with van der Waals surface area (Å²) in [6.07, 6.45) is 3.00. The molecule has 0 bridgehead atoms. The first-order valence-corrected chi connectivity index (χ1v) is 10.2. The average Bonchev–Trinajstić information content (AvgIpc) is 2.76. The Morgan fingerprint density at radius 2 is 2.03 bits per heavy atom. The molecule has 2 aromatic rings. The Morgan fingerprint density at radius 1 is 1.20 bits per heavy atom. The summed E-state index contributed by atoms with van der Waals surface area (Å²) >= 11 is 0. The van der Waals surface area contributed by atoms with E-state index in [2.05, 4.69) is 10.6 Å². The summed E-state index contributed by atoms with van der Waals surface area (Å²) in [6, 6.07) is 13.2. The molecule has 3 amide bonds. The molecule has 3 rings (SSSR count). The van der Waals surface area contributed by atoms with Crippen LogP contribution in [0.2, 0.25) is 0 Å². The topological polar surface area (TPSA) is 70.7 Å². The Hall–Kier alpha value is -3.09. The molecule has 1 saturated heterocycles. The van der Waals surface area contributed by atoms with Gasteiger partial charge in [-0.15, -0.1) is 0 Å². The second-order valence-electron chi connectivity index (χ2n) is 7.54. The summed E-state index contributed by atoms with van der Waals surface area (Å²) in [7, 11) is 1.63. The maximum absolute atomic E-state index is 13.2. The highest BCUT2D eigenvalue weighted by atomic mass is 19.1. The number of hydrogen-bond acceptors (Lipinski definition) is 3. The monoisotopic (exact) mass is 413 g/mol. The minimum Gasteiger partial charge on any atom is -0.497 e. The van der Waals surface area contributed by atoms with Crippen molar-refractivity contribution in [2.75, 3.05) is 32.1 Å². The zero-order valence-corrected chi connectivity index (χ0v) is 17.2. The van der Waals surface area contributed by atoms with Crippen molar-refractivity contribution in [1.82, 2.24) is 10.2 Å². The van der Waals surface area contributed by atoms with Gasteiger partial charge in [-0.3, -0.25) is 4.79 Å². The molecule has 30 heavy (non-hydrogen) atoms. The summed E-state index contributed by atoms with van der Waals surface area (Å²) in [5.74, 6) is 0.730. The number of amides is 3. The number of carbonyl (C=O) groups excluding carboxylic acids is 2. The predicted octanol–water partition coefficient (Wildman–Crippen LogP) is 3.83. The van der Waals surface area contributed by atoms with Gasteiger partial charge in [0.15, 0.2) is 0 Å². The summed E-state index contributed by atoms with van der Waals surface area (Å²) in [6.45, 7) is 1.86. The third-order valence-electron chi connectivity index (χ3n) is 5.27. The number of methoxy groups -OCH3 is 1. The van der Waals surface area contributed by atoms with Crippen molar-refractivity contribution in [3.05, 3.63) is 59.9 Å². The molecule has 7 heteroatoms. The van der Waals surface area contributed by atoms with Gasteiger partial charge in [-0.1, -0.05) is 18.2 Å². The Labute approximate surface area is 176 Å². The second-order valence-corrected chi connectivity index (χ2v) is 7.54. The molecular formula is C23H28FN3O3. The zero-order chi connectivity index (χ0) is 21.3. The number of rotatable bonds is 7. The van der Waals surface area contributed by atoms with E-state index in [1.165, 1.54) is 12.1 Å². The van der Waals surface area contributed by atoms with Gasteiger partial charge in [-0.05, 0) is 61.1 Å². The molecule has 160 valence electrons. The lowest BCUT2D eigenvalue weighted by atomic mass is 9.97. The van der Waals surface area contributed by atoms with Crippen LogP contribution in [0.4, 0.5) is 14.9 Å². The molecule has 0 radical (unpaired) electrons. The normalized spacial score (nSPS) is 16.1. The highest BCUT2D eigenvalue weighted by Crippen LogP contribution is 2.19. The molecule has 0 spiro atoms. The first-order chi connectivity index (χ1) is 14.5. The predicted molar refractivity (Wildman–Crippen MR) is 114 cm³/mol. The van der Waals surface area contributed by atoms with E-state index in [9.17, 15) is 14.0 Å². The number of nitrogens with zero attached hydrogens (tertiary/aromatic N) is 1. The number of urea groups is 1. The van der Waals surface area contributed by atoms with Gasteiger partial charge in [0.2, 0.25) is 5.91 Å². The van der Waals surface area contributed by atoms with Gasteiger partial charge in [0.1, 0.15) is 11.6 Å². The van der Waals surface area contributed by atoms with Crippen molar-refractivity contribution < 1.29 is 18.7 Å². The fourth-order valence-corrected chi connectivity index (χ4v) is 3.67. The van der Waals surface area contributed by atoms with Gasteiger partial charge in [-0.2, -0.15) is 0 Å². The molecular weight excluding hydrogens is 385 g/mol. The van der Waals surface area contributed by atoms with E-state index in [4.69, 9.17) is 4.74 Å². The standard InChI is InChI=1S/C23H28FN3O3/c1-30-21-9-2-5-17(13-21)10-11-22(28)27-12-4-6-18(16-27)15-25-23(29)26-20-8-3-7-19(24)14-20/h2-3,5,7-9,13-14,18H,4,6,10-12,15-16H2,1H3,(H2,25,26,29). The van der Waals surface area contributed by atoms with Crippen molar-refractivity contribution in [3.63, 3.8) is 0 Å². The van der Waals surface area contributed by atoms with Gasteiger partial charge in [-0.25, -0.2) is 9.18 Å². The second kappa shape index (κ2) is 10.6. The van der Waals surface area contributed by atoms with Crippen LogP contribution < -0.4 is 15.4 Å². The number of piperidine rings is 1. The number of nitrogens with one attached hydrogen (secondary N) is 2. The number of aryl methyl sites for hydroxylation is 1. The summed E-state index contributed by atoms with van der Waals surface area (Å²) < 4.78 is 18.4. The Kier molecular flexibility index (Phi) is 7.65. The molecule has 1 aliphatic heterocycles. The van der Waals surface area contributed by atoms with Gasteiger partial charge < -0.3 is 20.3 Å². The van der Waals surface area contributed by atoms with E-state index in [0.717, 1.165) is 30.7 Å². The Morgan fingerprint density at radius 3 is 2.83 bits per heavy atom. The Bertz CT molecular complexity index is 874. The van der Waals surface area contributed by atoms with Crippen LogP contribution in [0.5, 0.6) is 5.75 Å². The number of ether oxygens (including phenoxy) is 1. The molecule has 1 aliphatic rings. The SMILES string of the molecule is COc1cccc(CCC(=O)N2CCCC(CNC(=O)Nc3cccc(F)c3)C2)c1. The fraction of sp³-hybridized carbons (Fsp3) is 0.391. The van der Waals surface area contributed by atoms with Crippen molar-refractivity contribution in [3.8, 4) is 5.75 Å². The van der Waals surface area contributed by atoms with E-state index in [0.29, 0.717) is 31.6 Å². The zero-order valence-electron chi connectivity index (χ0n) is 17.2. The summed E-state index contributed by atoms with van der Waals surface area (Å²) in [5.41, 5.74) is 1.48. The molecule has 0 aromatic heterocycles. The smallest absolute Gasteiger partial charge is 0.319 e. The van der Waals surface area contributed by atoms with Crippen LogP contribution in [0.3, 0.4) is 0 Å². The van der Waals surface area contributed by atoms with Crippen LogP contribution in [0, 0.1) is 11.7 Å². The molecule has 2 N–H and O–H groups in total. The number of benzene rings is 2. The first kappa shape index (κ1) is 21.6. The van der Waals surface area contributed by atoms with Crippen molar-refractivity contribution in [2.24, 2.45) is 5.92 Å². The maximum Gasteiger partial charge on any atom is 0.319 e. The van der Waals surface area contributed by atoms with E-state index < -0.39 is 5.82 Å². The molecule has 1 fully saturated rings. The van der Waals surface area contributed by atoms with Crippen LogP contribution in [-0.4, -0.2) is 43.6 Å². The number of carbonyl (C=O) groups is 2.